The summed E-state index contributed by atoms with van der Waals surface area (Å²) in [6.45, 7) is -0.0349. The molecule has 7 heteroatoms. The maximum Gasteiger partial charge on any atom is 0.234 e. The monoisotopic (exact) mass is 282 g/mol. The molecule has 106 valence electrons. The zero-order chi connectivity index (χ0) is 14.5. The van der Waals surface area contributed by atoms with Crippen molar-refractivity contribution in [3.63, 3.8) is 0 Å². The molecule has 20 heavy (non-hydrogen) atoms. The summed E-state index contributed by atoms with van der Waals surface area (Å²) in [6.07, 6.45) is 0.0923. The SMILES string of the molecule is COCC(=O)Cc1nc(Cc2cc(F)cc(F)c2)no1. The molecule has 0 aliphatic rings. The molecule has 0 N–H and O–H groups in total. The molecular formula is C13H12F2N2O3. The number of ketones is 1. The van der Waals surface area contributed by atoms with Gasteiger partial charge in [0.15, 0.2) is 11.6 Å². The normalized spacial score (nSPS) is 10.8. The lowest BCUT2D eigenvalue weighted by molar-refractivity contribution is -0.122. The summed E-state index contributed by atoms with van der Waals surface area (Å²) in [4.78, 5) is 15.3. The molecule has 5 nitrogen and oxygen atoms in total. The lowest BCUT2D eigenvalue weighted by Gasteiger charge is -1.97. The van der Waals surface area contributed by atoms with Crippen molar-refractivity contribution in [3.8, 4) is 0 Å². The van der Waals surface area contributed by atoms with Crippen LogP contribution in [0.2, 0.25) is 0 Å². The summed E-state index contributed by atoms with van der Waals surface area (Å²) in [7, 11) is 1.41. The Morgan fingerprint density at radius 2 is 2.00 bits per heavy atom. The molecule has 0 aliphatic heterocycles. The van der Waals surface area contributed by atoms with Gasteiger partial charge in [0, 0.05) is 19.6 Å². The van der Waals surface area contributed by atoms with Gasteiger partial charge in [-0.1, -0.05) is 5.16 Å². The Balaban J connectivity index is 2.03. The predicted octanol–water partition coefficient (Wildman–Crippen LogP) is 1.70. The van der Waals surface area contributed by atoms with E-state index in [1.54, 1.807) is 0 Å². The summed E-state index contributed by atoms with van der Waals surface area (Å²) in [5.41, 5.74) is 0.387. The number of benzene rings is 1. The molecule has 0 atom stereocenters. The number of carbonyl (C=O) groups excluding carboxylic acids is 1. The Labute approximate surface area is 113 Å². The molecule has 1 aromatic carbocycles. The Kier molecular flexibility index (Phi) is 4.52. The van der Waals surface area contributed by atoms with Crippen LogP contribution in [0.25, 0.3) is 0 Å². The number of halogens is 2. The van der Waals surface area contributed by atoms with Gasteiger partial charge in [0.2, 0.25) is 5.89 Å². The van der Waals surface area contributed by atoms with Crippen molar-refractivity contribution < 1.29 is 22.8 Å². The molecule has 0 amide bonds. The molecule has 2 rings (SSSR count). The smallest absolute Gasteiger partial charge is 0.234 e. The first-order valence-corrected chi connectivity index (χ1v) is 5.84. The minimum Gasteiger partial charge on any atom is -0.377 e. The van der Waals surface area contributed by atoms with E-state index in [-0.39, 0.29) is 36.9 Å². The molecule has 0 saturated carbocycles. The maximum atomic E-state index is 13.0. The minimum atomic E-state index is -0.668. The van der Waals surface area contributed by atoms with Crippen LogP contribution < -0.4 is 0 Å². The van der Waals surface area contributed by atoms with Crippen molar-refractivity contribution in [3.05, 3.63) is 47.1 Å². The Morgan fingerprint density at radius 1 is 1.30 bits per heavy atom. The van der Waals surface area contributed by atoms with Crippen LogP contribution in [0.3, 0.4) is 0 Å². The van der Waals surface area contributed by atoms with Gasteiger partial charge in [-0.3, -0.25) is 4.79 Å². The van der Waals surface area contributed by atoms with E-state index in [1.165, 1.54) is 19.2 Å². The van der Waals surface area contributed by atoms with Gasteiger partial charge >= 0.3 is 0 Å². The van der Waals surface area contributed by atoms with E-state index in [0.29, 0.717) is 5.56 Å². The van der Waals surface area contributed by atoms with E-state index in [9.17, 15) is 13.6 Å². The number of hydrogen-bond donors (Lipinski definition) is 0. The Morgan fingerprint density at radius 3 is 2.65 bits per heavy atom. The van der Waals surface area contributed by atoms with Crippen LogP contribution in [0.15, 0.2) is 22.7 Å². The quantitative estimate of drug-likeness (QED) is 0.806. The van der Waals surface area contributed by atoms with Crippen LogP contribution in [-0.2, 0) is 22.4 Å². The van der Waals surface area contributed by atoms with E-state index in [4.69, 9.17) is 4.52 Å². The van der Waals surface area contributed by atoms with Gasteiger partial charge in [0.05, 0.1) is 6.42 Å². The van der Waals surface area contributed by atoms with E-state index < -0.39 is 11.6 Å². The van der Waals surface area contributed by atoms with Gasteiger partial charge in [-0.25, -0.2) is 8.78 Å². The van der Waals surface area contributed by atoms with E-state index in [2.05, 4.69) is 14.9 Å². The molecule has 1 heterocycles. The number of hydrogen-bond acceptors (Lipinski definition) is 5. The van der Waals surface area contributed by atoms with Crippen molar-refractivity contribution in [1.82, 2.24) is 10.1 Å². The van der Waals surface area contributed by atoms with Crippen molar-refractivity contribution in [2.45, 2.75) is 12.8 Å². The number of nitrogens with zero attached hydrogens (tertiary/aromatic N) is 2. The van der Waals surface area contributed by atoms with Crippen molar-refractivity contribution in [2.24, 2.45) is 0 Å². The fourth-order valence-corrected chi connectivity index (χ4v) is 1.71. The second-order valence-electron chi connectivity index (χ2n) is 4.21. The standard InChI is InChI=1S/C13H12F2N2O3/c1-19-7-11(18)6-13-16-12(17-20-13)4-8-2-9(14)5-10(15)3-8/h2-3,5H,4,6-7H2,1H3. The average molecular weight is 282 g/mol. The highest BCUT2D eigenvalue weighted by Crippen LogP contribution is 2.12. The first-order valence-electron chi connectivity index (χ1n) is 5.84. The second kappa shape index (κ2) is 6.33. The number of methoxy groups -OCH3 is 1. The fraction of sp³-hybridized carbons (Fsp3) is 0.308. The van der Waals surface area contributed by atoms with Gasteiger partial charge in [-0.2, -0.15) is 4.98 Å². The predicted molar refractivity (Wildman–Crippen MR) is 64.0 cm³/mol. The van der Waals surface area contributed by atoms with Gasteiger partial charge < -0.3 is 9.26 Å². The molecule has 0 saturated heterocycles. The molecule has 0 unspecified atom stereocenters. The number of Topliss-reactive ketones (excluding diaryl/α,β-unsaturated/α-hetero) is 1. The van der Waals surface area contributed by atoms with Gasteiger partial charge in [-0.05, 0) is 17.7 Å². The highest BCUT2D eigenvalue weighted by molar-refractivity contribution is 5.81. The number of carbonyl (C=O) groups is 1. The van der Waals surface area contributed by atoms with Crippen LogP contribution in [0.4, 0.5) is 8.78 Å². The molecule has 2 aromatic rings. The number of aromatic nitrogens is 2. The molecule has 0 fully saturated rings. The first-order chi connectivity index (χ1) is 9.56. The lowest BCUT2D eigenvalue weighted by Crippen LogP contribution is -2.09. The van der Waals surface area contributed by atoms with Crippen LogP contribution in [0, 0.1) is 11.6 Å². The van der Waals surface area contributed by atoms with Crippen molar-refractivity contribution in [2.75, 3.05) is 13.7 Å². The Bertz CT molecular complexity index is 593. The second-order valence-corrected chi connectivity index (χ2v) is 4.21. The maximum absolute atomic E-state index is 13.0. The van der Waals surface area contributed by atoms with E-state index >= 15 is 0 Å². The van der Waals surface area contributed by atoms with Crippen LogP contribution in [0.1, 0.15) is 17.3 Å². The third-order valence-electron chi connectivity index (χ3n) is 2.45. The molecule has 0 spiro atoms. The van der Waals surface area contributed by atoms with E-state index in [0.717, 1.165) is 6.07 Å². The summed E-state index contributed by atoms with van der Waals surface area (Å²) >= 11 is 0. The summed E-state index contributed by atoms with van der Waals surface area (Å²) in [5, 5.41) is 3.66. The van der Waals surface area contributed by atoms with Crippen LogP contribution in [0.5, 0.6) is 0 Å². The summed E-state index contributed by atoms with van der Waals surface area (Å²) in [6, 6.07) is 3.17. The minimum absolute atomic E-state index is 0.0294. The highest BCUT2D eigenvalue weighted by Gasteiger charge is 2.12. The zero-order valence-corrected chi connectivity index (χ0v) is 10.7. The fourth-order valence-electron chi connectivity index (χ4n) is 1.71. The highest BCUT2D eigenvalue weighted by atomic mass is 19.1. The lowest BCUT2D eigenvalue weighted by atomic mass is 10.1. The van der Waals surface area contributed by atoms with Gasteiger partial charge in [0.1, 0.15) is 18.2 Å². The van der Waals surface area contributed by atoms with Crippen molar-refractivity contribution >= 4 is 5.78 Å². The van der Waals surface area contributed by atoms with Gasteiger partial charge in [-0.15, -0.1) is 0 Å². The molecule has 0 aliphatic carbocycles. The van der Waals surface area contributed by atoms with Crippen LogP contribution >= 0.6 is 0 Å². The third kappa shape index (κ3) is 3.92. The topological polar surface area (TPSA) is 65.2 Å². The molecule has 0 bridgehead atoms. The van der Waals surface area contributed by atoms with Crippen LogP contribution in [-0.4, -0.2) is 29.6 Å². The first kappa shape index (κ1) is 14.3. The van der Waals surface area contributed by atoms with Gasteiger partial charge in [0.25, 0.3) is 0 Å². The summed E-state index contributed by atoms with van der Waals surface area (Å²) in [5.74, 6) is -1.12. The van der Waals surface area contributed by atoms with E-state index in [1.807, 2.05) is 0 Å². The molecule has 1 aromatic heterocycles. The largest absolute Gasteiger partial charge is 0.377 e. The number of ether oxygens (including phenoxy) is 1. The number of rotatable bonds is 6. The summed E-state index contributed by atoms with van der Waals surface area (Å²) < 4.78 is 35.6. The Hall–Kier alpha value is -2.15. The average Bonchev–Trinajstić information content (AvgIpc) is 2.75. The van der Waals surface area contributed by atoms with Crippen molar-refractivity contribution in [1.29, 1.82) is 0 Å². The third-order valence-corrected chi connectivity index (χ3v) is 2.45. The molecule has 0 radical (unpaired) electrons. The zero-order valence-electron chi connectivity index (χ0n) is 10.7. The molecular weight excluding hydrogens is 270 g/mol.